The molecule has 0 spiro atoms. The van der Waals surface area contributed by atoms with E-state index >= 15 is 0 Å². The molecule has 4 heteroatoms. The van der Waals surface area contributed by atoms with Crippen molar-refractivity contribution in [1.29, 1.82) is 0 Å². The molecule has 1 aromatic rings. The van der Waals surface area contributed by atoms with E-state index in [4.69, 9.17) is 0 Å². The Morgan fingerprint density at radius 3 is 2.68 bits per heavy atom. The Labute approximate surface area is 122 Å². The molecule has 3 nitrogen and oxygen atoms in total. The second-order valence-corrected chi connectivity index (χ2v) is 5.86. The predicted molar refractivity (Wildman–Crippen MR) is 80.9 cm³/mol. The van der Waals surface area contributed by atoms with Gasteiger partial charge in [0.2, 0.25) is 0 Å². The number of benzene rings is 1. The summed E-state index contributed by atoms with van der Waals surface area (Å²) in [5.41, 5.74) is 2.48. The number of allylic oxidation sites excluding steroid dienone is 1. The van der Waals surface area contributed by atoms with Gasteiger partial charge in [0.05, 0.1) is 0 Å². The predicted octanol–water partition coefficient (Wildman–Crippen LogP) is 3.60. The van der Waals surface area contributed by atoms with Gasteiger partial charge in [0.1, 0.15) is 0 Å². The quantitative estimate of drug-likeness (QED) is 0.854. The fourth-order valence-corrected chi connectivity index (χ4v) is 2.12. The Balaban J connectivity index is 1.66. The number of halogens is 1. The first-order valence-electron chi connectivity index (χ1n) is 6.60. The maximum Gasteiger partial charge on any atom is 0.318 e. The Morgan fingerprint density at radius 1 is 1.37 bits per heavy atom. The Hall–Kier alpha value is -1.29. The van der Waals surface area contributed by atoms with Gasteiger partial charge in [0.25, 0.3) is 0 Å². The topological polar surface area (TPSA) is 41.1 Å². The second kappa shape index (κ2) is 6.75. The van der Waals surface area contributed by atoms with Crippen LogP contribution in [0.3, 0.4) is 0 Å². The van der Waals surface area contributed by atoms with Crippen LogP contribution in [0.25, 0.3) is 0 Å². The van der Waals surface area contributed by atoms with Crippen LogP contribution in [0.5, 0.6) is 0 Å². The number of urea groups is 1. The molecule has 0 bridgehead atoms. The molecule has 19 heavy (non-hydrogen) atoms. The Kier molecular flexibility index (Phi) is 5.02. The number of amides is 2. The summed E-state index contributed by atoms with van der Waals surface area (Å²) in [6.07, 6.45) is 5.18. The monoisotopic (exact) mass is 322 g/mol. The summed E-state index contributed by atoms with van der Waals surface area (Å²) in [6, 6.07) is 8.01. The SMILES string of the molecule is C/C(=C\NC(=O)NCCc1ccc(Br)cc1)C1CC1. The molecule has 1 fully saturated rings. The lowest BCUT2D eigenvalue weighted by molar-refractivity contribution is 0.244. The van der Waals surface area contributed by atoms with Crippen LogP contribution in [0.1, 0.15) is 25.3 Å². The highest BCUT2D eigenvalue weighted by Crippen LogP contribution is 2.35. The lowest BCUT2D eigenvalue weighted by Gasteiger charge is -2.06. The van der Waals surface area contributed by atoms with E-state index in [2.05, 4.69) is 45.6 Å². The van der Waals surface area contributed by atoms with Crippen molar-refractivity contribution < 1.29 is 4.79 Å². The Bertz CT molecular complexity index is 464. The van der Waals surface area contributed by atoms with Gasteiger partial charge < -0.3 is 10.6 Å². The molecule has 2 N–H and O–H groups in total. The van der Waals surface area contributed by atoms with Gasteiger partial charge in [-0.15, -0.1) is 0 Å². The van der Waals surface area contributed by atoms with Gasteiger partial charge in [0, 0.05) is 17.2 Å². The van der Waals surface area contributed by atoms with Crippen LogP contribution < -0.4 is 10.6 Å². The van der Waals surface area contributed by atoms with Crippen molar-refractivity contribution in [2.24, 2.45) is 5.92 Å². The van der Waals surface area contributed by atoms with E-state index in [9.17, 15) is 4.79 Å². The molecule has 1 aromatic carbocycles. The molecule has 102 valence electrons. The number of nitrogens with one attached hydrogen (secondary N) is 2. The first-order chi connectivity index (χ1) is 9.15. The molecule has 0 aliphatic heterocycles. The van der Waals surface area contributed by atoms with Gasteiger partial charge in [-0.25, -0.2) is 4.79 Å². The number of carbonyl (C=O) groups excluding carboxylic acids is 1. The average molecular weight is 323 g/mol. The third kappa shape index (κ3) is 5.07. The molecule has 0 aromatic heterocycles. The maximum atomic E-state index is 11.6. The van der Waals surface area contributed by atoms with E-state index in [0.29, 0.717) is 12.5 Å². The van der Waals surface area contributed by atoms with E-state index in [-0.39, 0.29) is 6.03 Å². The van der Waals surface area contributed by atoms with E-state index < -0.39 is 0 Å². The van der Waals surface area contributed by atoms with Crippen molar-refractivity contribution in [3.8, 4) is 0 Å². The molecule has 0 heterocycles. The third-order valence-corrected chi connectivity index (χ3v) is 3.79. The van der Waals surface area contributed by atoms with E-state index in [1.54, 1.807) is 0 Å². The van der Waals surface area contributed by atoms with Crippen molar-refractivity contribution in [2.75, 3.05) is 6.54 Å². The number of carbonyl (C=O) groups is 1. The van der Waals surface area contributed by atoms with E-state index in [1.807, 2.05) is 18.3 Å². The smallest absolute Gasteiger partial charge is 0.318 e. The van der Waals surface area contributed by atoms with E-state index in [1.165, 1.54) is 24.0 Å². The molecule has 0 radical (unpaired) electrons. The first-order valence-corrected chi connectivity index (χ1v) is 7.40. The Morgan fingerprint density at radius 2 is 2.05 bits per heavy atom. The summed E-state index contributed by atoms with van der Waals surface area (Å²) in [4.78, 5) is 11.6. The molecule has 1 aliphatic carbocycles. The second-order valence-electron chi connectivity index (χ2n) is 4.94. The van der Waals surface area contributed by atoms with Crippen molar-refractivity contribution in [1.82, 2.24) is 10.6 Å². The number of hydrogen-bond acceptors (Lipinski definition) is 1. The normalized spacial score (nSPS) is 15.2. The summed E-state index contributed by atoms with van der Waals surface area (Å²) >= 11 is 3.40. The zero-order valence-corrected chi connectivity index (χ0v) is 12.7. The summed E-state index contributed by atoms with van der Waals surface area (Å²) in [5, 5.41) is 5.63. The van der Waals surface area contributed by atoms with Gasteiger partial charge >= 0.3 is 6.03 Å². The van der Waals surface area contributed by atoms with Crippen LogP contribution in [0.2, 0.25) is 0 Å². The molecular formula is C15H19BrN2O. The van der Waals surface area contributed by atoms with Crippen LogP contribution in [-0.2, 0) is 6.42 Å². The van der Waals surface area contributed by atoms with Crippen LogP contribution in [0.15, 0.2) is 40.5 Å². The van der Waals surface area contributed by atoms with Crippen LogP contribution in [-0.4, -0.2) is 12.6 Å². The summed E-state index contributed by atoms with van der Waals surface area (Å²) in [5.74, 6) is 0.697. The highest BCUT2D eigenvalue weighted by molar-refractivity contribution is 9.10. The zero-order chi connectivity index (χ0) is 13.7. The van der Waals surface area contributed by atoms with Gasteiger partial charge in [-0.3, -0.25) is 0 Å². The lowest BCUT2D eigenvalue weighted by Crippen LogP contribution is -2.33. The number of hydrogen-bond donors (Lipinski definition) is 2. The summed E-state index contributed by atoms with van der Waals surface area (Å²) < 4.78 is 1.07. The molecule has 2 rings (SSSR count). The molecule has 0 saturated heterocycles. The van der Waals surface area contributed by atoms with Gasteiger partial charge in [-0.2, -0.15) is 0 Å². The fourth-order valence-electron chi connectivity index (χ4n) is 1.86. The highest BCUT2D eigenvalue weighted by atomic mass is 79.9. The lowest BCUT2D eigenvalue weighted by atomic mass is 10.1. The minimum absolute atomic E-state index is 0.128. The van der Waals surface area contributed by atoms with Crippen molar-refractivity contribution in [3.05, 3.63) is 46.1 Å². The average Bonchev–Trinajstić information content (AvgIpc) is 3.23. The van der Waals surface area contributed by atoms with Gasteiger partial charge in [-0.05, 0) is 49.8 Å². The molecule has 1 saturated carbocycles. The summed E-state index contributed by atoms with van der Waals surface area (Å²) in [7, 11) is 0. The third-order valence-electron chi connectivity index (χ3n) is 3.26. The first kappa shape index (κ1) is 14.1. The van der Waals surface area contributed by atoms with Crippen LogP contribution >= 0.6 is 15.9 Å². The molecule has 1 aliphatic rings. The van der Waals surface area contributed by atoms with E-state index in [0.717, 1.165) is 10.9 Å². The van der Waals surface area contributed by atoms with Gasteiger partial charge in [0.15, 0.2) is 0 Å². The fraction of sp³-hybridized carbons (Fsp3) is 0.400. The molecule has 2 amide bonds. The zero-order valence-electron chi connectivity index (χ0n) is 11.1. The highest BCUT2D eigenvalue weighted by Gasteiger charge is 2.22. The van der Waals surface area contributed by atoms with Crippen molar-refractivity contribution in [2.45, 2.75) is 26.2 Å². The van der Waals surface area contributed by atoms with Crippen LogP contribution in [0.4, 0.5) is 4.79 Å². The molecule has 0 atom stereocenters. The molecular weight excluding hydrogens is 304 g/mol. The standard InChI is InChI=1S/C15H19BrN2O/c1-11(13-4-5-13)10-18-15(19)17-9-8-12-2-6-14(16)7-3-12/h2-3,6-7,10,13H,4-5,8-9H2,1H3,(H2,17,18,19)/b11-10+. The number of rotatable bonds is 5. The minimum atomic E-state index is -0.128. The van der Waals surface area contributed by atoms with Crippen molar-refractivity contribution >= 4 is 22.0 Å². The van der Waals surface area contributed by atoms with Crippen molar-refractivity contribution in [3.63, 3.8) is 0 Å². The summed E-state index contributed by atoms with van der Waals surface area (Å²) in [6.45, 7) is 2.71. The molecule has 0 unspecified atom stereocenters. The van der Waals surface area contributed by atoms with Crippen LogP contribution in [0, 0.1) is 5.92 Å². The van der Waals surface area contributed by atoms with Gasteiger partial charge in [-0.1, -0.05) is 33.6 Å². The minimum Gasteiger partial charge on any atom is -0.338 e. The maximum absolute atomic E-state index is 11.6. The largest absolute Gasteiger partial charge is 0.338 e.